The minimum atomic E-state index is 0.975. The van der Waals surface area contributed by atoms with Crippen molar-refractivity contribution < 1.29 is 0 Å². The van der Waals surface area contributed by atoms with Gasteiger partial charge in [-0.1, -0.05) is 46.1 Å². The fourth-order valence-electron chi connectivity index (χ4n) is 2.18. The minimum absolute atomic E-state index is 0.975. The summed E-state index contributed by atoms with van der Waals surface area (Å²) in [5, 5.41) is 0. The van der Waals surface area contributed by atoms with E-state index in [0.717, 1.165) is 11.8 Å². The third-order valence-corrected chi connectivity index (χ3v) is 2.81. The van der Waals surface area contributed by atoms with Gasteiger partial charge < -0.3 is 0 Å². The molecular weight excluding hydrogens is 144 g/mol. The molecule has 2 atom stereocenters. The topological polar surface area (TPSA) is 0 Å². The van der Waals surface area contributed by atoms with Crippen LogP contribution >= 0.6 is 0 Å². The van der Waals surface area contributed by atoms with E-state index in [-0.39, 0.29) is 0 Å². The van der Waals surface area contributed by atoms with Gasteiger partial charge in [-0.3, -0.25) is 0 Å². The highest BCUT2D eigenvalue weighted by Crippen LogP contribution is 2.35. The number of hydrogen-bond acceptors (Lipinski definition) is 0. The molecule has 0 aromatic heterocycles. The molecule has 0 amide bonds. The second-order valence-corrected chi connectivity index (χ2v) is 3.38. The molecule has 0 heterocycles. The molecule has 2 unspecified atom stereocenters. The molecule has 0 N–H and O–H groups in total. The molecule has 0 heteroatoms. The van der Waals surface area contributed by atoms with Crippen LogP contribution in [0.15, 0.2) is 12.7 Å². The highest BCUT2D eigenvalue weighted by molar-refractivity contribution is 4.82. The molecule has 72 valence electrons. The summed E-state index contributed by atoms with van der Waals surface area (Å²) in [5.41, 5.74) is 0. The molecule has 0 nitrogen and oxygen atoms in total. The second-order valence-electron chi connectivity index (χ2n) is 3.38. The van der Waals surface area contributed by atoms with Crippen molar-refractivity contribution in [2.24, 2.45) is 11.8 Å². The van der Waals surface area contributed by atoms with Crippen molar-refractivity contribution in [2.75, 3.05) is 0 Å². The lowest BCUT2D eigenvalue weighted by Crippen LogP contribution is -2.04. The molecule has 1 fully saturated rings. The lowest BCUT2D eigenvalue weighted by Gasteiger charge is -2.14. The van der Waals surface area contributed by atoms with Gasteiger partial charge in [0.15, 0.2) is 0 Å². The Kier molecular flexibility index (Phi) is 7.23. The molecule has 0 aliphatic heterocycles. The van der Waals surface area contributed by atoms with Crippen LogP contribution in [0.1, 0.15) is 52.9 Å². The van der Waals surface area contributed by atoms with Crippen molar-refractivity contribution in [2.45, 2.75) is 52.9 Å². The molecule has 1 saturated carbocycles. The summed E-state index contributed by atoms with van der Waals surface area (Å²) in [6.45, 7) is 10.1. The third kappa shape index (κ3) is 3.42. The van der Waals surface area contributed by atoms with Crippen LogP contribution in [0.25, 0.3) is 0 Å². The van der Waals surface area contributed by atoms with Crippen LogP contribution < -0.4 is 0 Å². The fraction of sp³-hybridized carbons (Fsp3) is 0.833. The zero-order chi connectivity index (χ0) is 9.40. The van der Waals surface area contributed by atoms with Crippen molar-refractivity contribution >= 4 is 0 Å². The van der Waals surface area contributed by atoms with E-state index < -0.39 is 0 Å². The Balaban J connectivity index is 0.000000561. The predicted octanol–water partition coefficient (Wildman–Crippen LogP) is 4.42. The smallest absolute Gasteiger partial charge is 0.0322 e. The summed E-state index contributed by atoms with van der Waals surface area (Å²) >= 11 is 0. The summed E-state index contributed by atoms with van der Waals surface area (Å²) in [6.07, 6.45) is 9.08. The van der Waals surface area contributed by atoms with Gasteiger partial charge in [-0.15, -0.1) is 6.58 Å². The molecular formula is C12H24. The van der Waals surface area contributed by atoms with E-state index in [0.29, 0.717) is 0 Å². The van der Waals surface area contributed by atoms with Crippen LogP contribution in [-0.2, 0) is 0 Å². The van der Waals surface area contributed by atoms with Crippen LogP contribution in [0.4, 0.5) is 0 Å². The van der Waals surface area contributed by atoms with Crippen molar-refractivity contribution in [3.63, 3.8) is 0 Å². The lowest BCUT2D eigenvalue weighted by molar-refractivity contribution is 0.381. The van der Waals surface area contributed by atoms with Crippen molar-refractivity contribution in [3.05, 3.63) is 12.7 Å². The maximum absolute atomic E-state index is 3.79. The average molecular weight is 168 g/mol. The standard InChI is InChI=1S/C10H18.C2H6/c1-3-6-10-8-5-7-9(10)4-2;1-2/h3,9-10H,1,4-8H2,2H3;1-2H3. The van der Waals surface area contributed by atoms with Crippen molar-refractivity contribution in [1.29, 1.82) is 0 Å². The summed E-state index contributed by atoms with van der Waals surface area (Å²) < 4.78 is 0. The Labute approximate surface area is 78.1 Å². The van der Waals surface area contributed by atoms with E-state index >= 15 is 0 Å². The molecule has 0 radical (unpaired) electrons. The van der Waals surface area contributed by atoms with E-state index in [9.17, 15) is 0 Å². The normalized spacial score (nSPS) is 27.6. The summed E-state index contributed by atoms with van der Waals surface area (Å²) in [7, 11) is 0. The fourth-order valence-corrected chi connectivity index (χ4v) is 2.18. The van der Waals surface area contributed by atoms with Gasteiger partial charge in [-0.05, 0) is 24.7 Å². The Hall–Kier alpha value is -0.260. The molecule has 1 rings (SSSR count). The van der Waals surface area contributed by atoms with Crippen LogP contribution in [0, 0.1) is 11.8 Å². The van der Waals surface area contributed by atoms with E-state index in [2.05, 4.69) is 19.6 Å². The van der Waals surface area contributed by atoms with Crippen molar-refractivity contribution in [1.82, 2.24) is 0 Å². The van der Waals surface area contributed by atoms with Crippen molar-refractivity contribution in [3.8, 4) is 0 Å². The Morgan fingerprint density at radius 3 is 2.33 bits per heavy atom. The molecule has 0 aromatic carbocycles. The van der Waals surface area contributed by atoms with Gasteiger partial charge in [0.2, 0.25) is 0 Å². The number of rotatable bonds is 3. The SMILES string of the molecule is C=CCC1CCCC1CC.CC. The molecule has 1 aliphatic rings. The Morgan fingerprint density at radius 1 is 1.25 bits per heavy atom. The zero-order valence-corrected chi connectivity index (χ0v) is 8.97. The van der Waals surface area contributed by atoms with Gasteiger partial charge in [-0.25, -0.2) is 0 Å². The molecule has 0 saturated heterocycles. The molecule has 0 spiro atoms. The van der Waals surface area contributed by atoms with Gasteiger partial charge in [0.1, 0.15) is 0 Å². The minimum Gasteiger partial charge on any atom is -0.103 e. The zero-order valence-electron chi connectivity index (χ0n) is 8.97. The van der Waals surface area contributed by atoms with Crippen LogP contribution in [0.2, 0.25) is 0 Å². The van der Waals surface area contributed by atoms with Crippen LogP contribution in [-0.4, -0.2) is 0 Å². The van der Waals surface area contributed by atoms with Gasteiger partial charge in [0, 0.05) is 0 Å². The quantitative estimate of drug-likeness (QED) is 0.547. The number of allylic oxidation sites excluding steroid dienone is 1. The summed E-state index contributed by atoms with van der Waals surface area (Å²) in [4.78, 5) is 0. The van der Waals surface area contributed by atoms with Gasteiger partial charge in [0.25, 0.3) is 0 Å². The Morgan fingerprint density at radius 2 is 1.83 bits per heavy atom. The van der Waals surface area contributed by atoms with E-state index in [1.54, 1.807) is 0 Å². The maximum Gasteiger partial charge on any atom is -0.0322 e. The van der Waals surface area contributed by atoms with Crippen LogP contribution in [0.3, 0.4) is 0 Å². The van der Waals surface area contributed by atoms with Gasteiger partial charge >= 0.3 is 0 Å². The number of hydrogen-bond donors (Lipinski definition) is 0. The lowest BCUT2D eigenvalue weighted by atomic mass is 9.91. The first-order chi connectivity index (χ1) is 5.88. The third-order valence-electron chi connectivity index (χ3n) is 2.81. The Bertz CT molecular complexity index is 105. The highest BCUT2D eigenvalue weighted by Gasteiger charge is 2.23. The summed E-state index contributed by atoms with van der Waals surface area (Å²) in [6, 6.07) is 0. The monoisotopic (exact) mass is 168 g/mol. The molecule has 0 bridgehead atoms. The highest BCUT2D eigenvalue weighted by atomic mass is 14.3. The first-order valence-electron chi connectivity index (χ1n) is 5.49. The molecule has 1 aliphatic carbocycles. The maximum atomic E-state index is 3.79. The average Bonchev–Trinajstić information content (AvgIpc) is 2.56. The largest absolute Gasteiger partial charge is 0.103 e. The van der Waals surface area contributed by atoms with Gasteiger partial charge in [0.05, 0.1) is 0 Å². The molecule has 12 heavy (non-hydrogen) atoms. The first kappa shape index (κ1) is 11.7. The van der Waals surface area contributed by atoms with Gasteiger partial charge in [-0.2, -0.15) is 0 Å². The summed E-state index contributed by atoms with van der Waals surface area (Å²) in [5.74, 6) is 1.99. The van der Waals surface area contributed by atoms with E-state index in [1.807, 2.05) is 13.8 Å². The van der Waals surface area contributed by atoms with Crippen LogP contribution in [0.5, 0.6) is 0 Å². The van der Waals surface area contributed by atoms with E-state index in [4.69, 9.17) is 0 Å². The van der Waals surface area contributed by atoms with E-state index in [1.165, 1.54) is 32.1 Å². The molecule has 0 aromatic rings. The first-order valence-corrected chi connectivity index (χ1v) is 5.49. The second kappa shape index (κ2) is 7.39. The predicted molar refractivity (Wildman–Crippen MR) is 57.3 cm³/mol.